The number of pyridine rings is 1. The van der Waals surface area contributed by atoms with Crippen LogP contribution in [0.1, 0.15) is 25.2 Å². The summed E-state index contributed by atoms with van der Waals surface area (Å²) in [6.07, 6.45) is 0. The van der Waals surface area contributed by atoms with E-state index in [4.69, 9.17) is 5.73 Å². The van der Waals surface area contributed by atoms with Gasteiger partial charge in [0.15, 0.2) is 5.96 Å². The fourth-order valence-corrected chi connectivity index (χ4v) is 1.50. The summed E-state index contributed by atoms with van der Waals surface area (Å²) in [5.74, 6) is 0.591. The van der Waals surface area contributed by atoms with Gasteiger partial charge in [0.25, 0.3) is 0 Å². The van der Waals surface area contributed by atoms with Gasteiger partial charge in [0.2, 0.25) is 0 Å². The Kier molecular flexibility index (Phi) is 4.76. The summed E-state index contributed by atoms with van der Waals surface area (Å²) in [6.45, 7) is 8.30. The smallest absolute Gasteiger partial charge is 0.191 e. The number of aliphatic imine (C=N–C) groups is 1. The van der Waals surface area contributed by atoms with Gasteiger partial charge in [-0.1, -0.05) is 6.07 Å². The van der Waals surface area contributed by atoms with Crippen LogP contribution in [0.15, 0.2) is 23.2 Å². The van der Waals surface area contributed by atoms with Gasteiger partial charge in [-0.3, -0.25) is 9.98 Å². The first-order valence-electron chi connectivity index (χ1n) is 5.64. The third kappa shape index (κ3) is 3.53. The second-order valence-electron chi connectivity index (χ2n) is 3.62. The van der Waals surface area contributed by atoms with Crippen LogP contribution in [0, 0.1) is 6.92 Å². The topological polar surface area (TPSA) is 54.5 Å². The van der Waals surface area contributed by atoms with Gasteiger partial charge in [0.05, 0.1) is 12.2 Å². The van der Waals surface area contributed by atoms with Crippen molar-refractivity contribution in [2.24, 2.45) is 10.7 Å². The molecule has 1 aromatic rings. The van der Waals surface area contributed by atoms with Crippen LogP contribution in [0.2, 0.25) is 0 Å². The van der Waals surface area contributed by atoms with Crippen molar-refractivity contribution in [2.75, 3.05) is 13.1 Å². The molecule has 88 valence electrons. The van der Waals surface area contributed by atoms with Crippen LogP contribution < -0.4 is 5.73 Å². The van der Waals surface area contributed by atoms with Crippen LogP contribution in [-0.2, 0) is 6.54 Å². The van der Waals surface area contributed by atoms with Gasteiger partial charge in [-0.15, -0.1) is 0 Å². The minimum absolute atomic E-state index is 0.591. The maximum absolute atomic E-state index is 5.87. The maximum Gasteiger partial charge on any atom is 0.191 e. The van der Waals surface area contributed by atoms with Crippen molar-refractivity contribution in [1.29, 1.82) is 0 Å². The SMILES string of the molecule is CCN=C(N)N(CC)Cc1cccc(C)n1. The third-order valence-electron chi connectivity index (χ3n) is 2.32. The molecule has 0 bridgehead atoms. The Morgan fingerprint density at radius 1 is 1.44 bits per heavy atom. The van der Waals surface area contributed by atoms with Crippen molar-refractivity contribution < 1.29 is 0 Å². The van der Waals surface area contributed by atoms with Gasteiger partial charge >= 0.3 is 0 Å². The van der Waals surface area contributed by atoms with Crippen LogP contribution in [-0.4, -0.2) is 28.9 Å². The van der Waals surface area contributed by atoms with E-state index in [1.54, 1.807) is 0 Å². The lowest BCUT2D eigenvalue weighted by molar-refractivity contribution is 0.422. The average Bonchev–Trinajstić information content (AvgIpc) is 2.26. The quantitative estimate of drug-likeness (QED) is 0.618. The summed E-state index contributed by atoms with van der Waals surface area (Å²) < 4.78 is 0. The molecule has 0 aliphatic carbocycles. The van der Waals surface area contributed by atoms with Crippen molar-refractivity contribution in [3.63, 3.8) is 0 Å². The Morgan fingerprint density at radius 3 is 2.75 bits per heavy atom. The highest BCUT2D eigenvalue weighted by atomic mass is 15.2. The Morgan fingerprint density at radius 2 is 2.19 bits per heavy atom. The minimum Gasteiger partial charge on any atom is -0.370 e. The zero-order valence-corrected chi connectivity index (χ0v) is 10.3. The van der Waals surface area contributed by atoms with Gasteiger partial charge in [0, 0.05) is 18.8 Å². The van der Waals surface area contributed by atoms with Crippen molar-refractivity contribution in [3.05, 3.63) is 29.6 Å². The van der Waals surface area contributed by atoms with Gasteiger partial charge in [-0.05, 0) is 32.9 Å². The molecule has 0 aromatic carbocycles. The van der Waals surface area contributed by atoms with Gasteiger partial charge < -0.3 is 10.6 Å². The Hall–Kier alpha value is -1.58. The van der Waals surface area contributed by atoms with E-state index >= 15 is 0 Å². The molecular formula is C12H20N4. The Balaban J connectivity index is 2.74. The number of aromatic nitrogens is 1. The van der Waals surface area contributed by atoms with Gasteiger partial charge in [-0.25, -0.2) is 0 Å². The fraction of sp³-hybridized carbons (Fsp3) is 0.500. The number of hydrogen-bond acceptors (Lipinski definition) is 2. The molecule has 1 aromatic heterocycles. The molecule has 2 N–H and O–H groups in total. The van der Waals surface area contributed by atoms with E-state index in [1.807, 2.05) is 36.9 Å². The molecule has 0 amide bonds. The third-order valence-corrected chi connectivity index (χ3v) is 2.32. The summed E-state index contributed by atoms with van der Waals surface area (Å²) in [7, 11) is 0. The summed E-state index contributed by atoms with van der Waals surface area (Å²) in [6, 6.07) is 6.01. The molecule has 4 nitrogen and oxygen atoms in total. The van der Waals surface area contributed by atoms with E-state index < -0.39 is 0 Å². The normalized spacial score (nSPS) is 11.6. The monoisotopic (exact) mass is 220 g/mol. The highest BCUT2D eigenvalue weighted by Gasteiger charge is 2.06. The first-order chi connectivity index (χ1) is 7.67. The number of nitrogens with zero attached hydrogens (tertiary/aromatic N) is 3. The van der Waals surface area contributed by atoms with Crippen molar-refractivity contribution in [3.8, 4) is 0 Å². The van der Waals surface area contributed by atoms with Crippen molar-refractivity contribution >= 4 is 5.96 Å². The van der Waals surface area contributed by atoms with Crippen LogP contribution in [0.3, 0.4) is 0 Å². The molecule has 0 unspecified atom stereocenters. The summed E-state index contributed by atoms with van der Waals surface area (Å²) in [4.78, 5) is 10.7. The summed E-state index contributed by atoms with van der Waals surface area (Å²) >= 11 is 0. The first kappa shape index (κ1) is 12.5. The lowest BCUT2D eigenvalue weighted by Gasteiger charge is -2.21. The van der Waals surface area contributed by atoms with Crippen molar-refractivity contribution in [2.45, 2.75) is 27.3 Å². The van der Waals surface area contributed by atoms with E-state index in [9.17, 15) is 0 Å². The predicted octanol–water partition coefficient (Wildman–Crippen LogP) is 1.55. The number of hydrogen-bond donors (Lipinski definition) is 1. The molecule has 0 saturated carbocycles. The Labute approximate surface area is 97.2 Å². The molecule has 0 spiro atoms. The van der Waals surface area contributed by atoms with Gasteiger partial charge in [-0.2, -0.15) is 0 Å². The van der Waals surface area contributed by atoms with Crippen LogP contribution in [0.4, 0.5) is 0 Å². The van der Waals surface area contributed by atoms with E-state index in [2.05, 4.69) is 16.9 Å². The summed E-state index contributed by atoms with van der Waals surface area (Å²) in [5, 5.41) is 0. The predicted molar refractivity (Wildman–Crippen MR) is 67.2 cm³/mol. The van der Waals surface area contributed by atoms with Crippen LogP contribution in [0.5, 0.6) is 0 Å². The van der Waals surface area contributed by atoms with Crippen LogP contribution in [0.25, 0.3) is 0 Å². The first-order valence-corrected chi connectivity index (χ1v) is 5.64. The van der Waals surface area contributed by atoms with E-state index in [0.717, 1.165) is 17.9 Å². The lowest BCUT2D eigenvalue weighted by Crippen LogP contribution is -2.37. The molecule has 1 heterocycles. The molecule has 0 fully saturated rings. The molecule has 0 saturated heterocycles. The molecule has 16 heavy (non-hydrogen) atoms. The summed E-state index contributed by atoms with van der Waals surface area (Å²) in [5.41, 5.74) is 7.92. The largest absolute Gasteiger partial charge is 0.370 e. The van der Waals surface area contributed by atoms with E-state index in [1.165, 1.54) is 0 Å². The molecule has 0 atom stereocenters. The number of rotatable bonds is 4. The second-order valence-corrected chi connectivity index (χ2v) is 3.62. The number of guanidine groups is 1. The van der Waals surface area contributed by atoms with E-state index in [0.29, 0.717) is 19.0 Å². The average molecular weight is 220 g/mol. The van der Waals surface area contributed by atoms with Crippen molar-refractivity contribution in [1.82, 2.24) is 9.88 Å². The molecule has 1 rings (SSSR count). The van der Waals surface area contributed by atoms with Gasteiger partial charge in [0.1, 0.15) is 0 Å². The molecule has 0 aliphatic heterocycles. The van der Waals surface area contributed by atoms with Crippen LogP contribution >= 0.6 is 0 Å². The standard InChI is InChI=1S/C12H20N4/c1-4-14-12(13)16(5-2)9-11-8-6-7-10(3)15-11/h6-8H,4-5,9H2,1-3H3,(H2,13,14). The minimum atomic E-state index is 0.591. The fourth-order valence-electron chi connectivity index (χ4n) is 1.50. The maximum atomic E-state index is 5.87. The molecular weight excluding hydrogens is 200 g/mol. The zero-order chi connectivity index (χ0) is 12.0. The Bertz CT molecular complexity index is 360. The molecule has 0 radical (unpaired) electrons. The zero-order valence-electron chi connectivity index (χ0n) is 10.3. The van der Waals surface area contributed by atoms with E-state index in [-0.39, 0.29) is 0 Å². The lowest BCUT2D eigenvalue weighted by atomic mass is 10.3. The number of nitrogens with two attached hydrogens (primary N) is 1. The second kappa shape index (κ2) is 6.10. The highest BCUT2D eigenvalue weighted by molar-refractivity contribution is 5.77. The molecule has 0 aliphatic rings. The highest BCUT2D eigenvalue weighted by Crippen LogP contribution is 2.03. The molecule has 4 heteroatoms. The number of aryl methyl sites for hydroxylation is 1.